The summed E-state index contributed by atoms with van der Waals surface area (Å²) in [6.07, 6.45) is 4.59. The average molecular weight is 230 g/mol. The van der Waals surface area contributed by atoms with Crippen molar-refractivity contribution in [1.29, 1.82) is 0 Å². The fraction of sp³-hybridized carbons (Fsp3) is 0.533. The number of carbonyl (C=O) groups is 1. The Hall–Kier alpha value is -1.15. The fourth-order valence-corrected chi connectivity index (χ4v) is 3.47. The highest BCUT2D eigenvalue weighted by molar-refractivity contribution is 6.00. The van der Waals surface area contributed by atoms with Crippen molar-refractivity contribution in [2.45, 2.75) is 38.2 Å². The van der Waals surface area contributed by atoms with Gasteiger partial charge in [0.1, 0.15) is 0 Å². The lowest BCUT2D eigenvalue weighted by Gasteiger charge is -2.29. The molecular weight excluding hydrogens is 212 g/mol. The van der Waals surface area contributed by atoms with Crippen molar-refractivity contribution in [3.05, 3.63) is 35.4 Å². The Morgan fingerprint density at radius 1 is 1.12 bits per heavy atom. The number of hydrogen-bond donors (Lipinski definition) is 1. The number of Topliss-reactive ketones (excluding diaryl/α,β-unsaturated/α-hetero) is 1. The second-order valence-corrected chi connectivity index (χ2v) is 5.33. The van der Waals surface area contributed by atoms with Crippen LogP contribution in [0, 0.1) is 11.8 Å². The molecule has 1 fully saturated rings. The molecule has 1 N–H and O–H groups in total. The molecule has 0 spiro atoms. The average Bonchev–Trinajstić information content (AvgIpc) is 2.76. The summed E-state index contributed by atoms with van der Waals surface area (Å²) in [5, 5.41) is 9.95. The minimum atomic E-state index is -0.255. The van der Waals surface area contributed by atoms with Crippen molar-refractivity contribution in [2.75, 3.05) is 0 Å². The Kier molecular flexibility index (Phi) is 2.75. The van der Waals surface area contributed by atoms with Gasteiger partial charge in [-0.3, -0.25) is 4.79 Å². The number of aliphatic hydroxyl groups is 1. The zero-order valence-electron chi connectivity index (χ0n) is 9.93. The summed E-state index contributed by atoms with van der Waals surface area (Å²) in [7, 11) is 0. The highest BCUT2D eigenvalue weighted by Crippen LogP contribution is 2.38. The maximum atomic E-state index is 12.4. The van der Waals surface area contributed by atoms with Crippen LogP contribution in [0.15, 0.2) is 24.3 Å². The van der Waals surface area contributed by atoms with E-state index >= 15 is 0 Å². The monoisotopic (exact) mass is 230 g/mol. The van der Waals surface area contributed by atoms with E-state index in [1.165, 1.54) is 5.56 Å². The summed E-state index contributed by atoms with van der Waals surface area (Å²) >= 11 is 0. The van der Waals surface area contributed by atoms with Gasteiger partial charge < -0.3 is 5.11 Å². The molecule has 0 aromatic heterocycles. The van der Waals surface area contributed by atoms with E-state index in [0.29, 0.717) is 0 Å². The Labute approximate surface area is 102 Å². The molecule has 0 heterocycles. The molecule has 0 saturated heterocycles. The Balaban J connectivity index is 1.89. The van der Waals surface area contributed by atoms with Gasteiger partial charge in [0, 0.05) is 11.5 Å². The summed E-state index contributed by atoms with van der Waals surface area (Å²) < 4.78 is 0. The van der Waals surface area contributed by atoms with Crippen molar-refractivity contribution < 1.29 is 9.90 Å². The van der Waals surface area contributed by atoms with Gasteiger partial charge in [-0.05, 0) is 37.2 Å². The number of aryl methyl sites for hydroxylation is 1. The number of fused-ring (bicyclic) bond motifs is 1. The third kappa shape index (κ3) is 1.81. The summed E-state index contributed by atoms with van der Waals surface area (Å²) in [5.41, 5.74) is 2.07. The van der Waals surface area contributed by atoms with Gasteiger partial charge >= 0.3 is 0 Å². The van der Waals surface area contributed by atoms with Gasteiger partial charge in [0.25, 0.3) is 0 Å². The quantitative estimate of drug-likeness (QED) is 0.805. The lowest BCUT2D eigenvalue weighted by molar-refractivity contribution is 0.0651. The van der Waals surface area contributed by atoms with Crippen LogP contribution in [0.3, 0.4) is 0 Å². The van der Waals surface area contributed by atoms with Crippen LogP contribution in [0.25, 0.3) is 0 Å². The molecular formula is C15H18O2. The van der Waals surface area contributed by atoms with Crippen LogP contribution in [0.5, 0.6) is 0 Å². The van der Waals surface area contributed by atoms with E-state index in [1.54, 1.807) is 0 Å². The molecule has 3 atom stereocenters. The summed E-state index contributed by atoms with van der Waals surface area (Å²) in [6, 6.07) is 7.92. The molecule has 0 radical (unpaired) electrons. The summed E-state index contributed by atoms with van der Waals surface area (Å²) in [5.74, 6) is 0.524. The van der Waals surface area contributed by atoms with Gasteiger partial charge in [0.15, 0.2) is 5.78 Å². The van der Waals surface area contributed by atoms with E-state index in [-0.39, 0.29) is 23.7 Å². The topological polar surface area (TPSA) is 37.3 Å². The maximum absolute atomic E-state index is 12.4. The summed E-state index contributed by atoms with van der Waals surface area (Å²) in [4.78, 5) is 12.4. The first kappa shape index (κ1) is 11.0. The molecule has 2 heteroatoms. The normalized spacial score (nSPS) is 32.5. The first-order valence-corrected chi connectivity index (χ1v) is 6.57. The molecule has 0 amide bonds. The predicted octanol–water partition coefficient (Wildman–Crippen LogP) is 2.59. The van der Waals surface area contributed by atoms with Gasteiger partial charge in [-0.25, -0.2) is 0 Å². The molecule has 1 aromatic carbocycles. The summed E-state index contributed by atoms with van der Waals surface area (Å²) in [6.45, 7) is 0. The zero-order chi connectivity index (χ0) is 11.8. The Morgan fingerprint density at radius 2 is 1.94 bits per heavy atom. The molecule has 17 heavy (non-hydrogen) atoms. The lowest BCUT2D eigenvalue weighted by Crippen LogP contribution is -2.33. The molecule has 3 unspecified atom stereocenters. The van der Waals surface area contributed by atoms with Gasteiger partial charge in [-0.15, -0.1) is 0 Å². The third-order valence-corrected chi connectivity index (χ3v) is 4.39. The molecule has 0 aliphatic heterocycles. The first-order chi connectivity index (χ1) is 8.27. The van der Waals surface area contributed by atoms with Gasteiger partial charge in [0.05, 0.1) is 6.10 Å². The van der Waals surface area contributed by atoms with E-state index in [1.807, 2.05) is 18.2 Å². The minimum absolute atomic E-state index is 0.0578. The minimum Gasteiger partial charge on any atom is -0.393 e. The third-order valence-electron chi connectivity index (χ3n) is 4.39. The number of benzene rings is 1. The van der Waals surface area contributed by atoms with Crippen molar-refractivity contribution in [3.63, 3.8) is 0 Å². The molecule has 0 bridgehead atoms. The molecule has 3 rings (SSSR count). The number of carbonyl (C=O) groups excluding carboxylic acids is 1. The Bertz CT molecular complexity index is 438. The molecule has 2 aliphatic rings. The zero-order valence-corrected chi connectivity index (χ0v) is 9.93. The van der Waals surface area contributed by atoms with Gasteiger partial charge in [-0.2, -0.15) is 0 Å². The maximum Gasteiger partial charge on any atom is 0.166 e. The van der Waals surface area contributed by atoms with Crippen LogP contribution in [0.1, 0.15) is 41.6 Å². The predicted molar refractivity (Wildman–Crippen MR) is 65.9 cm³/mol. The molecule has 90 valence electrons. The van der Waals surface area contributed by atoms with Crippen LogP contribution in [0.2, 0.25) is 0 Å². The van der Waals surface area contributed by atoms with Crippen LogP contribution in [-0.4, -0.2) is 17.0 Å². The van der Waals surface area contributed by atoms with Gasteiger partial charge in [0.2, 0.25) is 0 Å². The molecule has 1 aromatic rings. The van der Waals surface area contributed by atoms with Crippen LogP contribution in [0.4, 0.5) is 0 Å². The number of aliphatic hydroxyl groups excluding tert-OH is 1. The highest BCUT2D eigenvalue weighted by atomic mass is 16.3. The number of ketones is 1. The number of rotatable bonds is 1. The largest absolute Gasteiger partial charge is 0.393 e. The Morgan fingerprint density at radius 3 is 2.71 bits per heavy atom. The smallest absolute Gasteiger partial charge is 0.166 e. The fourth-order valence-electron chi connectivity index (χ4n) is 3.47. The van der Waals surface area contributed by atoms with Crippen molar-refractivity contribution in [2.24, 2.45) is 11.8 Å². The second kappa shape index (κ2) is 4.26. The standard InChI is InChI=1S/C15H18O2/c16-14-7-3-6-12(14)13-9-8-10-4-1-2-5-11(10)15(13)17/h1-2,4-5,12-14,16H,3,6-9H2. The number of hydrogen-bond acceptors (Lipinski definition) is 2. The molecule has 2 nitrogen and oxygen atoms in total. The van der Waals surface area contributed by atoms with Gasteiger partial charge in [-0.1, -0.05) is 30.7 Å². The van der Waals surface area contributed by atoms with Crippen molar-refractivity contribution in [1.82, 2.24) is 0 Å². The van der Waals surface area contributed by atoms with Crippen molar-refractivity contribution >= 4 is 5.78 Å². The first-order valence-electron chi connectivity index (χ1n) is 6.57. The molecule has 2 aliphatic carbocycles. The van der Waals surface area contributed by atoms with Crippen LogP contribution in [-0.2, 0) is 6.42 Å². The second-order valence-electron chi connectivity index (χ2n) is 5.33. The van der Waals surface area contributed by atoms with E-state index < -0.39 is 0 Å². The van der Waals surface area contributed by atoms with Crippen molar-refractivity contribution in [3.8, 4) is 0 Å². The van der Waals surface area contributed by atoms with E-state index in [0.717, 1.165) is 37.7 Å². The van der Waals surface area contributed by atoms with Crippen LogP contribution < -0.4 is 0 Å². The SMILES string of the molecule is O=C1c2ccccc2CCC1C1CCCC1O. The van der Waals surface area contributed by atoms with Crippen LogP contribution >= 0.6 is 0 Å². The lowest BCUT2D eigenvalue weighted by atomic mass is 9.75. The van der Waals surface area contributed by atoms with E-state index in [2.05, 4.69) is 6.07 Å². The molecule has 1 saturated carbocycles. The van der Waals surface area contributed by atoms with E-state index in [9.17, 15) is 9.90 Å². The van der Waals surface area contributed by atoms with E-state index in [4.69, 9.17) is 0 Å². The highest BCUT2D eigenvalue weighted by Gasteiger charge is 2.38.